The smallest absolute Gasteiger partial charge is 0.139 e. The van der Waals surface area contributed by atoms with Gasteiger partial charge in [-0.2, -0.15) is 0 Å². The van der Waals surface area contributed by atoms with Gasteiger partial charge in [-0.1, -0.05) is 0 Å². The van der Waals surface area contributed by atoms with Crippen molar-refractivity contribution < 1.29 is 4.39 Å². The molecule has 4 heteroatoms. The molecule has 60 valence electrons. The standard InChI is InChI=1S/C6H14FN3/c1-5(7)6(4-8-2)10-9-3/h4-5,8-10H,1-3H3/b6-4+. The summed E-state index contributed by atoms with van der Waals surface area (Å²) in [4.78, 5) is 0. The molecule has 0 bridgehead atoms. The van der Waals surface area contributed by atoms with Crippen molar-refractivity contribution in [3.05, 3.63) is 11.9 Å². The number of hydrogen-bond donors (Lipinski definition) is 3. The van der Waals surface area contributed by atoms with Crippen molar-refractivity contribution in [3.63, 3.8) is 0 Å². The van der Waals surface area contributed by atoms with E-state index in [9.17, 15) is 4.39 Å². The Morgan fingerprint density at radius 2 is 2.10 bits per heavy atom. The topological polar surface area (TPSA) is 36.1 Å². The van der Waals surface area contributed by atoms with Gasteiger partial charge in [-0.05, 0) is 6.92 Å². The van der Waals surface area contributed by atoms with Crippen molar-refractivity contribution in [3.8, 4) is 0 Å². The van der Waals surface area contributed by atoms with Gasteiger partial charge in [0.15, 0.2) is 0 Å². The van der Waals surface area contributed by atoms with E-state index in [1.165, 1.54) is 6.92 Å². The van der Waals surface area contributed by atoms with Crippen molar-refractivity contribution in [2.45, 2.75) is 13.1 Å². The quantitative estimate of drug-likeness (QED) is 0.495. The summed E-state index contributed by atoms with van der Waals surface area (Å²) in [7, 11) is 3.41. The minimum Gasteiger partial charge on any atom is -0.392 e. The van der Waals surface area contributed by atoms with Crippen LogP contribution in [-0.2, 0) is 0 Å². The zero-order chi connectivity index (χ0) is 7.98. The van der Waals surface area contributed by atoms with Crippen LogP contribution in [0.2, 0.25) is 0 Å². The molecule has 0 aromatic carbocycles. The maximum Gasteiger partial charge on any atom is 0.139 e. The zero-order valence-corrected chi connectivity index (χ0v) is 6.53. The first-order valence-corrected chi connectivity index (χ1v) is 3.16. The lowest BCUT2D eigenvalue weighted by atomic mass is 10.3. The summed E-state index contributed by atoms with van der Waals surface area (Å²) in [6, 6.07) is 0. The summed E-state index contributed by atoms with van der Waals surface area (Å²) >= 11 is 0. The molecule has 0 radical (unpaired) electrons. The highest BCUT2D eigenvalue weighted by atomic mass is 19.1. The molecular weight excluding hydrogens is 133 g/mol. The van der Waals surface area contributed by atoms with Gasteiger partial charge in [0.1, 0.15) is 6.17 Å². The minimum absolute atomic E-state index is 0.491. The van der Waals surface area contributed by atoms with Crippen molar-refractivity contribution in [1.82, 2.24) is 16.2 Å². The fraction of sp³-hybridized carbons (Fsp3) is 0.667. The molecule has 0 aromatic rings. The van der Waals surface area contributed by atoms with E-state index in [0.717, 1.165) is 0 Å². The second-order valence-corrected chi connectivity index (χ2v) is 1.88. The van der Waals surface area contributed by atoms with Gasteiger partial charge >= 0.3 is 0 Å². The molecule has 0 aliphatic carbocycles. The molecule has 3 N–H and O–H groups in total. The van der Waals surface area contributed by atoms with Crippen LogP contribution in [0.5, 0.6) is 0 Å². The molecule has 0 aromatic heterocycles. The second-order valence-electron chi connectivity index (χ2n) is 1.88. The number of hydrogen-bond acceptors (Lipinski definition) is 3. The number of alkyl halides is 1. The van der Waals surface area contributed by atoms with Crippen LogP contribution >= 0.6 is 0 Å². The third-order valence-electron chi connectivity index (χ3n) is 0.998. The van der Waals surface area contributed by atoms with Gasteiger partial charge in [-0.3, -0.25) is 0 Å². The van der Waals surface area contributed by atoms with Crippen LogP contribution < -0.4 is 16.2 Å². The molecule has 10 heavy (non-hydrogen) atoms. The predicted molar refractivity (Wildman–Crippen MR) is 39.9 cm³/mol. The molecule has 0 heterocycles. The van der Waals surface area contributed by atoms with E-state index in [2.05, 4.69) is 16.2 Å². The fourth-order valence-electron chi connectivity index (χ4n) is 0.550. The average Bonchev–Trinajstić information content (AvgIpc) is 1.87. The highest BCUT2D eigenvalue weighted by Crippen LogP contribution is 1.98. The van der Waals surface area contributed by atoms with Crippen molar-refractivity contribution in [1.29, 1.82) is 0 Å². The number of rotatable bonds is 4. The first-order valence-electron chi connectivity index (χ1n) is 3.16. The lowest BCUT2D eigenvalue weighted by Crippen LogP contribution is -2.31. The molecule has 1 atom stereocenters. The number of hydrazine groups is 1. The third kappa shape index (κ3) is 3.29. The highest BCUT2D eigenvalue weighted by Gasteiger charge is 2.03. The van der Waals surface area contributed by atoms with Gasteiger partial charge in [0, 0.05) is 20.3 Å². The first kappa shape index (κ1) is 9.23. The minimum atomic E-state index is -0.986. The maximum atomic E-state index is 12.5. The molecule has 1 unspecified atom stereocenters. The van der Waals surface area contributed by atoms with Crippen LogP contribution in [0.4, 0.5) is 4.39 Å². The Hall–Kier alpha value is -0.770. The van der Waals surface area contributed by atoms with Gasteiger partial charge in [0.05, 0.1) is 5.70 Å². The molecule has 0 saturated carbocycles. The van der Waals surface area contributed by atoms with Crippen LogP contribution in [0.1, 0.15) is 6.92 Å². The van der Waals surface area contributed by atoms with E-state index in [-0.39, 0.29) is 0 Å². The SMILES string of the molecule is CN/C=C(/NNC)C(C)F. The van der Waals surface area contributed by atoms with Crippen LogP contribution in [-0.4, -0.2) is 20.3 Å². The van der Waals surface area contributed by atoms with Gasteiger partial charge in [-0.15, -0.1) is 0 Å². The van der Waals surface area contributed by atoms with Crippen molar-refractivity contribution in [2.75, 3.05) is 14.1 Å². The Balaban J connectivity index is 3.85. The summed E-state index contributed by atoms with van der Waals surface area (Å²) in [6.07, 6.45) is 0.584. The van der Waals surface area contributed by atoms with E-state index in [0.29, 0.717) is 5.70 Å². The van der Waals surface area contributed by atoms with Crippen LogP contribution in [0.15, 0.2) is 11.9 Å². The first-order chi connectivity index (χ1) is 4.72. The molecule has 0 amide bonds. The van der Waals surface area contributed by atoms with E-state index in [4.69, 9.17) is 0 Å². The normalized spacial score (nSPS) is 14.6. The Kier molecular flexibility index (Phi) is 4.66. The summed E-state index contributed by atoms with van der Waals surface area (Å²) in [5.41, 5.74) is 5.78. The van der Waals surface area contributed by atoms with E-state index in [1.54, 1.807) is 20.3 Å². The summed E-state index contributed by atoms with van der Waals surface area (Å²) in [5, 5.41) is 2.73. The summed E-state index contributed by atoms with van der Waals surface area (Å²) < 4.78 is 12.5. The maximum absolute atomic E-state index is 12.5. The molecule has 0 spiro atoms. The van der Waals surface area contributed by atoms with Crippen molar-refractivity contribution in [2.24, 2.45) is 0 Å². The van der Waals surface area contributed by atoms with Crippen LogP contribution in [0, 0.1) is 0 Å². The van der Waals surface area contributed by atoms with E-state index in [1.807, 2.05) is 0 Å². The van der Waals surface area contributed by atoms with Gasteiger partial charge in [-0.25, -0.2) is 9.82 Å². The van der Waals surface area contributed by atoms with Crippen molar-refractivity contribution >= 4 is 0 Å². The molecule has 0 aliphatic heterocycles. The largest absolute Gasteiger partial charge is 0.392 e. The lowest BCUT2D eigenvalue weighted by molar-refractivity contribution is 0.381. The second kappa shape index (κ2) is 5.05. The summed E-state index contributed by atoms with van der Waals surface area (Å²) in [5.74, 6) is 0. The number of nitrogens with one attached hydrogen (secondary N) is 3. The van der Waals surface area contributed by atoms with Gasteiger partial charge < -0.3 is 10.7 Å². The van der Waals surface area contributed by atoms with E-state index < -0.39 is 6.17 Å². The van der Waals surface area contributed by atoms with Crippen LogP contribution in [0.3, 0.4) is 0 Å². The Morgan fingerprint density at radius 3 is 2.40 bits per heavy atom. The third-order valence-corrected chi connectivity index (χ3v) is 0.998. The Labute approximate surface area is 60.7 Å². The highest BCUT2D eigenvalue weighted by molar-refractivity contribution is 5.01. The lowest BCUT2D eigenvalue weighted by Gasteiger charge is -2.09. The summed E-state index contributed by atoms with van der Waals surface area (Å²) in [6.45, 7) is 1.47. The number of halogens is 1. The van der Waals surface area contributed by atoms with Crippen LogP contribution in [0.25, 0.3) is 0 Å². The number of allylic oxidation sites excluding steroid dienone is 1. The van der Waals surface area contributed by atoms with Gasteiger partial charge in [0.2, 0.25) is 0 Å². The van der Waals surface area contributed by atoms with E-state index >= 15 is 0 Å². The molecule has 3 nitrogen and oxygen atoms in total. The average molecular weight is 147 g/mol. The fourth-order valence-corrected chi connectivity index (χ4v) is 0.550. The van der Waals surface area contributed by atoms with Gasteiger partial charge in [0.25, 0.3) is 0 Å². The predicted octanol–water partition coefficient (Wildman–Crippen LogP) is 0.129. The Morgan fingerprint density at radius 1 is 1.50 bits per heavy atom. The monoisotopic (exact) mass is 147 g/mol. The molecular formula is C6H14FN3. The molecule has 0 saturated heterocycles. The molecule has 0 fully saturated rings. The molecule has 0 aliphatic rings. The zero-order valence-electron chi connectivity index (χ0n) is 6.53. The molecule has 0 rings (SSSR count). The Bertz CT molecular complexity index is 112.